The summed E-state index contributed by atoms with van der Waals surface area (Å²) in [6.07, 6.45) is 6.48. The Morgan fingerprint density at radius 3 is 2.69 bits per heavy atom. The molecule has 0 bridgehead atoms. The summed E-state index contributed by atoms with van der Waals surface area (Å²) in [6.45, 7) is 2.80. The molecule has 1 aliphatic heterocycles. The molecule has 2 rings (SSSR count). The molecule has 1 aromatic heterocycles. The van der Waals surface area contributed by atoms with E-state index in [0.29, 0.717) is 6.10 Å². The van der Waals surface area contributed by atoms with Gasteiger partial charge in [-0.3, -0.25) is 4.98 Å². The van der Waals surface area contributed by atoms with Crippen molar-refractivity contribution in [3.05, 3.63) is 30.1 Å². The molecule has 0 aliphatic carbocycles. The number of hydrogen-bond donors (Lipinski definition) is 1. The molecule has 0 aromatic carbocycles. The lowest BCUT2D eigenvalue weighted by Gasteiger charge is -2.10. The fraction of sp³-hybridized carbons (Fsp3) is 0.545. The molecule has 3 nitrogen and oxygen atoms in total. The molecule has 0 spiro atoms. The minimum atomic E-state index is 0. The van der Waals surface area contributed by atoms with E-state index in [1.807, 2.05) is 24.5 Å². The Morgan fingerprint density at radius 1 is 1.31 bits per heavy atom. The summed E-state index contributed by atoms with van der Waals surface area (Å²) in [6, 6.07) is 4.06. The Balaban J connectivity index is 0.00000112. The molecule has 1 aromatic rings. The third-order valence-electron chi connectivity index (χ3n) is 2.47. The second-order valence-corrected chi connectivity index (χ2v) is 3.62. The first-order valence-corrected chi connectivity index (χ1v) is 5.16. The molecule has 1 N–H and O–H groups in total. The van der Waals surface area contributed by atoms with Crippen molar-refractivity contribution in [2.24, 2.45) is 0 Å². The van der Waals surface area contributed by atoms with Gasteiger partial charge in [-0.05, 0) is 30.5 Å². The quantitative estimate of drug-likeness (QED) is 0.592. The predicted molar refractivity (Wildman–Crippen MR) is 54.9 cm³/mol. The molecule has 1 saturated heterocycles. The van der Waals surface area contributed by atoms with Crippen molar-refractivity contribution in [3.8, 4) is 0 Å². The minimum absolute atomic E-state index is 0. The third kappa shape index (κ3) is 5.39. The number of ether oxygens (including phenoxy) is 1. The van der Waals surface area contributed by atoms with Crippen LogP contribution in [0.4, 0.5) is 0 Å². The molecule has 1 unspecified atom stereocenters. The third-order valence-corrected chi connectivity index (χ3v) is 2.47. The van der Waals surface area contributed by atoms with E-state index in [2.05, 4.69) is 10.3 Å². The van der Waals surface area contributed by atoms with Crippen LogP contribution >= 0.6 is 0 Å². The number of halogens is 2. The highest BCUT2D eigenvalue weighted by Crippen LogP contribution is 2.10. The van der Waals surface area contributed by atoms with Crippen molar-refractivity contribution in [2.45, 2.75) is 25.5 Å². The fourth-order valence-corrected chi connectivity index (χ4v) is 1.68. The second-order valence-electron chi connectivity index (χ2n) is 3.62. The van der Waals surface area contributed by atoms with Gasteiger partial charge in [-0.2, -0.15) is 0 Å². The summed E-state index contributed by atoms with van der Waals surface area (Å²) in [7, 11) is 0. The average molecular weight is 352 g/mol. The number of hydrogen-bond acceptors (Lipinski definition) is 3. The Morgan fingerprint density at radius 2 is 2.06 bits per heavy atom. The van der Waals surface area contributed by atoms with Crippen molar-refractivity contribution in [1.29, 1.82) is 0 Å². The zero-order valence-corrected chi connectivity index (χ0v) is 12.2. The first-order valence-electron chi connectivity index (χ1n) is 5.16. The van der Waals surface area contributed by atoms with Gasteiger partial charge in [0.25, 0.3) is 0 Å². The van der Waals surface area contributed by atoms with Gasteiger partial charge in [-0.25, -0.2) is 0 Å². The summed E-state index contributed by atoms with van der Waals surface area (Å²) in [5.74, 6) is 0. The van der Waals surface area contributed by atoms with Crippen molar-refractivity contribution >= 4 is 0 Å². The summed E-state index contributed by atoms with van der Waals surface area (Å²) in [5, 5.41) is 3.39. The largest absolute Gasteiger partial charge is 1.00 e. The van der Waals surface area contributed by atoms with Gasteiger partial charge in [0.1, 0.15) is 0 Å². The predicted octanol–water partition coefficient (Wildman–Crippen LogP) is -4.64. The van der Waals surface area contributed by atoms with E-state index in [-0.39, 0.29) is 34.0 Å². The van der Waals surface area contributed by atoms with Crippen LogP contribution in [0.15, 0.2) is 24.5 Å². The van der Waals surface area contributed by atoms with Gasteiger partial charge in [0, 0.05) is 32.1 Å². The van der Waals surface area contributed by atoms with Crippen LogP contribution in [0.3, 0.4) is 0 Å². The highest BCUT2D eigenvalue weighted by molar-refractivity contribution is 5.08. The SMILES string of the molecule is [Br-].[Br-].c1cc(CNCC2CCCO2)ccn1. The van der Waals surface area contributed by atoms with Crippen molar-refractivity contribution < 1.29 is 38.7 Å². The monoisotopic (exact) mass is 350 g/mol. The maximum absolute atomic E-state index is 5.52. The summed E-state index contributed by atoms with van der Waals surface area (Å²) >= 11 is 0. The van der Waals surface area contributed by atoms with Crippen molar-refractivity contribution in [2.75, 3.05) is 13.2 Å². The van der Waals surface area contributed by atoms with Crippen LogP contribution in [-0.2, 0) is 11.3 Å². The molecule has 0 radical (unpaired) electrons. The van der Waals surface area contributed by atoms with Crippen LogP contribution in [0.25, 0.3) is 0 Å². The van der Waals surface area contributed by atoms with Crippen LogP contribution in [0.1, 0.15) is 18.4 Å². The van der Waals surface area contributed by atoms with Crippen LogP contribution < -0.4 is 39.3 Å². The molecule has 1 atom stereocenters. The standard InChI is InChI=1S/C11H16N2O.2BrH/c1-2-11(14-7-1)9-13-8-10-3-5-12-6-4-10;;/h3-6,11,13H,1-2,7-9H2;2*1H/p-2. The smallest absolute Gasteiger partial charge is 0.0700 e. The normalized spacial score (nSPS) is 18.6. The van der Waals surface area contributed by atoms with Gasteiger partial charge in [-0.15, -0.1) is 0 Å². The zero-order chi connectivity index (χ0) is 9.64. The molecule has 1 fully saturated rings. The van der Waals surface area contributed by atoms with E-state index in [1.165, 1.54) is 18.4 Å². The first-order chi connectivity index (χ1) is 6.95. The van der Waals surface area contributed by atoms with Gasteiger partial charge in [-0.1, -0.05) is 0 Å². The van der Waals surface area contributed by atoms with Crippen LogP contribution in [0.2, 0.25) is 0 Å². The average Bonchev–Trinajstić information content (AvgIpc) is 2.72. The molecule has 2 heterocycles. The van der Waals surface area contributed by atoms with E-state index >= 15 is 0 Å². The number of rotatable bonds is 4. The summed E-state index contributed by atoms with van der Waals surface area (Å²) < 4.78 is 5.52. The van der Waals surface area contributed by atoms with E-state index in [4.69, 9.17) is 4.74 Å². The Labute approximate surface area is 118 Å². The van der Waals surface area contributed by atoms with Gasteiger partial charge in [0.15, 0.2) is 0 Å². The molecule has 5 heteroatoms. The topological polar surface area (TPSA) is 34.1 Å². The molecule has 0 saturated carbocycles. The zero-order valence-electron chi connectivity index (χ0n) is 9.03. The molecule has 1 aliphatic rings. The highest BCUT2D eigenvalue weighted by Gasteiger charge is 2.14. The van der Waals surface area contributed by atoms with Gasteiger partial charge in [0.05, 0.1) is 6.10 Å². The molecule has 0 amide bonds. The van der Waals surface area contributed by atoms with E-state index in [0.717, 1.165) is 19.7 Å². The van der Waals surface area contributed by atoms with Gasteiger partial charge >= 0.3 is 0 Å². The van der Waals surface area contributed by atoms with E-state index < -0.39 is 0 Å². The van der Waals surface area contributed by atoms with Crippen LogP contribution in [0, 0.1) is 0 Å². The van der Waals surface area contributed by atoms with Crippen LogP contribution in [0.5, 0.6) is 0 Å². The number of aromatic nitrogens is 1. The maximum Gasteiger partial charge on any atom is 0.0700 e. The lowest BCUT2D eigenvalue weighted by molar-refractivity contribution is -0.00100. The number of nitrogens with one attached hydrogen (secondary N) is 1. The fourth-order valence-electron chi connectivity index (χ4n) is 1.68. The van der Waals surface area contributed by atoms with Crippen LogP contribution in [-0.4, -0.2) is 24.2 Å². The second kappa shape index (κ2) is 9.10. The van der Waals surface area contributed by atoms with E-state index in [1.54, 1.807) is 0 Å². The maximum atomic E-state index is 5.52. The molecule has 16 heavy (non-hydrogen) atoms. The first kappa shape index (κ1) is 16.0. The van der Waals surface area contributed by atoms with Crippen molar-refractivity contribution in [3.63, 3.8) is 0 Å². The lowest BCUT2D eigenvalue weighted by atomic mass is 10.2. The Kier molecular flexibility index (Phi) is 9.12. The Hall–Kier alpha value is 0.0300. The molecular weight excluding hydrogens is 336 g/mol. The number of nitrogens with zero attached hydrogens (tertiary/aromatic N) is 1. The Bertz CT molecular complexity index is 266. The molecule has 92 valence electrons. The van der Waals surface area contributed by atoms with Gasteiger partial charge < -0.3 is 44.0 Å². The van der Waals surface area contributed by atoms with Crippen molar-refractivity contribution in [1.82, 2.24) is 10.3 Å². The minimum Gasteiger partial charge on any atom is -1.00 e. The lowest BCUT2D eigenvalue weighted by Crippen LogP contribution is -3.00. The van der Waals surface area contributed by atoms with Gasteiger partial charge in [0.2, 0.25) is 0 Å². The number of pyridine rings is 1. The highest BCUT2D eigenvalue weighted by atomic mass is 79.9. The summed E-state index contributed by atoms with van der Waals surface area (Å²) in [5.41, 5.74) is 1.28. The summed E-state index contributed by atoms with van der Waals surface area (Å²) in [4.78, 5) is 3.98. The van der Waals surface area contributed by atoms with E-state index in [9.17, 15) is 0 Å². The molecular formula is C11H16Br2N2O-2.